The molecule has 0 unspecified atom stereocenters. The van der Waals surface area contributed by atoms with E-state index in [1.54, 1.807) is 5.56 Å². The summed E-state index contributed by atoms with van der Waals surface area (Å²) in [5, 5.41) is 4.98. The average Bonchev–Trinajstić information content (AvgIpc) is 3.86. The normalized spacial score (nSPS) is 21.1. The van der Waals surface area contributed by atoms with Crippen LogP contribution in [0.2, 0.25) is 0 Å². The van der Waals surface area contributed by atoms with Gasteiger partial charge in [-0.05, 0) is 150 Å². The molecule has 2 heterocycles. The summed E-state index contributed by atoms with van der Waals surface area (Å²) in [6.45, 7) is 6.39. The summed E-state index contributed by atoms with van der Waals surface area (Å²) in [5.41, 5.74) is 14.0. The lowest BCUT2D eigenvalue weighted by Crippen LogP contribution is -2.48. The van der Waals surface area contributed by atoms with Crippen LogP contribution in [0.4, 0.5) is 17.1 Å². The lowest BCUT2D eigenvalue weighted by Gasteiger charge is -2.57. The molecule has 2 aromatic heterocycles. The Balaban J connectivity index is 1.05. The molecule has 9 aromatic rings. The number of rotatable bonds is 8. The standard InChI is InChI=1S/C57H47NOS/c1-3-39-16-11-20-45(54(39)44(4-2)40-14-6-5-7-15-40)41-17-10-18-42(31-41)58(51-24-13-21-47-46-19-8-9-25-52(46)59-55(47)51)43-26-27-53-49(32-43)48-22-12-23-50(56(48)60-53)57-33-36-28-37(34-57)30-38(29-36)35-57/h3-27,31-32,36-38H,1,28-30,33-35H2,2H3/b44-4-. The van der Waals surface area contributed by atoms with Gasteiger partial charge < -0.3 is 9.32 Å². The van der Waals surface area contributed by atoms with Gasteiger partial charge in [0.25, 0.3) is 0 Å². The molecular weight excluding hydrogens is 747 g/mol. The Morgan fingerprint density at radius 1 is 0.667 bits per heavy atom. The zero-order valence-corrected chi connectivity index (χ0v) is 34.9. The molecule has 3 heteroatoms. The SMILES string of the molecule is C=Cc1cccc(-c2cccc(N(c3ccc4sc5c(C67CC8CC(CC(C8)C6)C7)cccc5c4c3)c3cccc4c3oc3ccccc34)c2)c1/C(=C\C)c1ccccc1. The van der Waals surface area contributed by atoms with Crippen LogP contribution < -0.4 is 4.90 Å². The maximum absolute atomic E-state index is 6.78. The number of furan rings is 1. The fourth-order valence-corrected chi connectivity index (χ4v) is 13.6. The molecule has 7 aromatic carbocycles. The van der Waals surface area contributed by atoms with Crippen molar-refractivity contribution in [2.24, 2.45) is 17.8 Å². The second kappa shape index (κ2) is 14.0. The maximum atomic E-state index is 6.78. The number of thiophene rings is 1. The van der Waals surface area contributed by atoms with Gasteiger partial charge >= 0.3 is 0 Å². The van der Waals surface area contributed by atoms with Gasteiger partial charge in [0.1, 0.15) is 5.58 Å². The Hall–Kier alpha value is -6.16. The highest BCUT2D eigenvalue weighted by atomic mass is 32.1. The number of hydrogen-bond donors (Lipinski definition) is 0. The third-order valence-electron chi connectivity index (χ3n) is 14.3. The molecule has 0 atom stereocenters. The van der Waals surface area contributed by atoms with Gasteiger partial charge in [-0.2, -0.15) is 0 Å². The lowest BCUT2D eigenvalue weighted by molar-refractivity contribution is -0.00442. The number of anilines is 3. The molecule has 4 aliphatic carbocycles. The minimum absolute atomic E-state index is 0.344. The van der Waals surface area contributed by atoms with Crippen molar-refractivity contribution in [1.29, 1.82) is 0 Å². The van der Waals surface area contributed by atoms with Crippen molar-refractivity contribution in [1.82, 2.24) is 0 Å². The van der Waals surface area contributed by atoms with Crippen molar-refractivity contribution >= 4 is 82.2 Å². The molecule has 2 nitrogen and oxygen atoms in total. The minimum atomic E-state index is 0.344. The van der Waals surface area contributed by atoms with Gasteiger partial charge in [-0.15, -0.1) is 11.3 Å². The predicted molar refractivity (Wildman–Crippen MR) is 256 cm³/mol. The molecule has 0 spiro atoms. The van der Waals surface area contributed by atoms with Crippen LogP contribution >= 0.6 is 11.3 Å². The zero-order chi connectivity index (χ0) is 40.0. The molecule has 60 heavy (non-hydrogen) atoms. The molecule has 0 amide bonds. The third-order valence-corrected chi connectivity index (χ3v) is 15.6. The van der Waals surface area contributed by atoms with E-state index < -0.39 is 0 Å². The number of hydrogen-bond acceptors (Lipinski definition) is 3. The van der Waals surface area contributed by atoms with Crippen LogP contribution in [0.15, 0.2) is 169 Å². The highest BCUT2D eigenvalue weighted by Crippen LogP contribution is 2.62. The van der Waals surface area contributed by atoms with Crippen LogP contribution in [0, 0.1) is 17.8 Å². The van der Waals surface area contributed by atoms with Gasteiger partial charge in [0.2, 0.25) is 0 Å². The predicted octanol–water partition coefficient (Wildman–Crippen LogP) is 16.7. The fourth-order valence-electron chi connectivity index (χ4n) is 12.3. The smallest absolute Gasteiger partial charge is 0.159 e. The molecule has 4 saturated carbocycles. The van der Waals surface area contributed by atoms with E-state index in [9.17, 15) is 0 Å². The first kappa shape index (κ1) is 35.8. The summed E-state index contributed by atoms with van der Waals surface area (Å²) in [5.74, 6) is 2.74. The van der Waals surface area contributed by atoms with E-state index in [2.05, 4.69) is 176 Å². The van der Waals surface area contributed by atoms with Gasteiger partial charge in [0.05, 0.1) is 5.69 Å². The van der Waals surface area contributed by atoms with E-state index in [0.29, 0.717) is 5.41 Å². The first-order valence-electron chi connectivity index (χ1n) is 21.8. The molecule has 0 N–H and O–H groups in total. The molecule has 13 rings (SSSR count). The number of para-hydroxylation sites is 2. The lowest BCUT2D eigenvalue weighted by atomic mass is 9.48. The third kappa shape index (κ3) is 5.59. The number of nitrogens with zero attached hydrogens (tertiary/aromatic N) is 1. The molecule has 0 radical (unpaired) electrons. The van der Waals surface area contributed by atoms with Crippen LogP contribution in [-0.4, -0.2) is 0 Å². The van der Waals surface area contributed by atoms with Gasteiger partial charge in [0.15, 0.2) is 5.58 Å². The topological polar surface area (TPSA) is 16.4 Å². The Morgan fingerprint density at radius 3 is 2.17 bits per heavy atom. The van der Waals surface area contributed by atoms with Crippen LogP contribution in [0.3, 0.4) is 0 Å². The first-order chi connectivity index (χ1) is 29.6. The largest absolute Gasteiger partial charge is 0.454 e. The molecule has 4 aliphatic rings. The van der Waals surface area contributed by atoms with E-state index in [1.807, 2.05) is 17.4 Å². The quantitative estimate of drug-likeness (QED) is 0.152. The van der Waals surface area contributed by atoms with Crippen molar-refractivity contribution in [3.05, 3.63) is 187 Å². The Kier molecular flexibility index (Phi) is 8.32. The van der Waals surface area contributed by atoms with E-state index in [4.69, 9.17) is 4.42 Å². The van der Waals surface area contributed by atoms with E-state index in [-0.39, 0.29) is 0 Å². The average molecular weight is 794 g/mol. The minimum Gasteiger partial charge on any atom is -0.454 e. The van der Waals surface area contributed by atoms with Gasteiger partial charge in [-0.25, -0.2) is 0 Å². The van der Waals surface area contributed by atoms with Crippen molar-refractivity contribution in [3.8, 4) is 11.1 Å². The molecule has 292 valence electrons. The summed E-state index contributed by atoms with van der Waals surface area (Å²) in [6.07, 6.45) is 12.7. The number of allylic oxidation sites excluding steroid dienone is 1. The molecule has 4 bridgehead atoms. The van der Waals surface area contributed by atoms with Crippen molar-refractivity contribution < 1.29 is 4.42 Å². The van der Waals surface area contributed by atoms with E-state index in [0.717, 1.165) is 67.9 Å². The second-order valence-electron chi connectivity index (χ2n) is 17.8. The number of benzene rings is 7. The maximum Gasteiger partial charge on any atom is 0.159 e. The highest BCUT2D eigenvalue weighted by Gasteiger charge is 2.52. The Bertz CT molecular complexity index is 3140. The van der Waals surface area contributed by atoms with Crippen molar-refractivity contribution in [3.63, 3.8) is 0 Å². The van der Waals surface area contributed by atoms with Crippen LogP contribution in [0.5, 0.6) is 0 Å². The summed E-state index contributed by atoms with van der Waals surface area (Å²) in [7, 11) is 0. The van der Waals surface area contributed by atoms with Gasteiger partial charge in [-0.1, -0.05) is 128 Å². The van der Waals surface area contributed by atoms with Gasteiger partial charge in [0, 0.05) is 42.3 Å². The number of fused-ring (bicyclic) bond motifs is 6. The van der Waals surface area contributed by atoms with E-state index in [1.165, 1.54) is 81.0 Å². The molecular formula is C57H47NOS. The van der Waals surface area contributed by atoms with Crippen LogP contribution in [0.25, 0.3) is 64.9 Å². The first-order valence-corrected chi connectivity index (χ1v) is 22.6. The molecule has 0 saturated heterocycles. The molecule has 0 aliphatic heterocycles. The fraction of sp³-hybridized carbons (Fsp3) is 0.193. The van der Waals surface area contributed by atoms with Crippen LogP contribution in [0.1, 0.15) is 67.7 Å². The Morgan fingerprint density at radius 2 is 1.37 bits per heavy atom. The monoisotopic (exact) mass is 793 g/mol. The summed E-state index contributed by atoms with van der Waals surface area (Å²) < 4.78 is 9.64. The van der Waals surface area contributed by atoms with E-state index >= 15 is 0 Å². The van der Waals surface area contributed by atoms with Crippen molar-refractivity contribution in [2.75, 3.05) is 4.90 Å². The second-order valence-corrected chi connectivity index (χ2v) is 18.9. The van der Waals surface area contributed by atoms with Crippen LogP contribution in [-0.2, 0) is 5.41 Å². The molecule has 4 fully saturated rings. The summed E-state index contributed by atoms with van der Waals surface area (Å²) in [4.78, 5) is 2.42. The van der Waals surface area contributed by atoms with Gasteiger partial charge in [-0.3, -0.25) is 0 Å². The zero-order valence-electron chi connectivity index (χ0n) is 34.0. The Labute approximate surface area is 356 Å². The highest BCUT2D eigenvalue weighted by molar-refractivity contribution is 7.26. The summed E-state index contributed by atoms with van der Waals surface area (Å²) >= 11 is 2.01. The summed E-state index contributed by atoms with van der Waals surface area (Å²) in [6, 6.07) is 55.7. The van der Waals surface area contributed by atoms with Crippen molar-refractivity contribution in [2.45, 2.75) is 50.9 Å².